The number of aryl methyl sites for hydroxylation is 2. The minimum absolute atomic E-state index is 0.334. The van der Waals surface area contributed by atoms with Crippen molar-refractivity contribution in [2.45, 2.75) is 6.92 Å². The molecule has 0 unspecified atom stereocenters. The van der Waals surface area contributed by atoms with Gasteiger partial charge >= 0.3 is 0 Å². The summed E-state index contributed by atoms with van der Waals surface area (Å²) in [6.45, 7) is 1.74. The zero-order valence-electron chi connectivity index (χ0n) is 10.0. The summed E-state index contributed by atoms with van der Waals surface area (Å²) in [7, 11) is 1.69. The molecule has 0 fully saturated rings. The highest BCUT2D eigenvalue weighted by Crippen LogP contribution is 2.37. The van der Waals surface area contributed by atoms with Gasteiger partial charge < -0.3 is 4.74 Å². The summed E-state index contributed by atoms with van der Waals surface area (Å²) in [6.07, 6.45) is 0. The molecule has 0 aliphatic rings. The standard InChI is InChI=1S/C12H8BrCl2N3O/c1-6-7(5-16)12(18(2)17-6)19-11-4-9(14)8(13)3-10(11)15/h3-4H,1-2H3. The number of benzene rings is 1. The molecule has 0 saturated carbocycles. The third-order valence-electron chi connectivity index (χ3n) is 2.46. The van der Waals surface area contributed by atoms with Crippen molar-refractivity contribution in [1.29, 1.82) is 5.26 Å². The van der Waals surface area contributed by atoms with Gasteiger partial charge in [0.05, 0.1) is 15.7 Å². The van der Waals surface area contributed by atoms with Crippen molar-refractivity contribution in [3.63, 3.8) is 0 Å². The highest BCUT2D eigenvalue weighted by Gasteiger charge is 2.17. The van der Waals surface area contributed by atoms with Gasteiger partial charge in [0, 0.05) is 17.6 Å². The van der Waals surface area contributed by atoms with E-state index in [-0.39, 0.29) is 0 Å². The third kappa shape index (κ3) is 2.71. The van der Waals surface area contributed by atoms with Gasteiger partial charge in [0.15, 0.2) is 0 Å². The van der Waals surface area contributed by atoms with Crippen LogP contribution in [0.15, 0.2) is 16.6 Å². The van der Waals surface area contributed by atoms with E-state index in [9.17, 15) is 0 Å². The molecule has 19 heavy (non-hydrogen) atoms. The zero-order valence-corrected chi connectivity index (χ0v) is 13.1. The van der Waals surface area contributed by atoms with Gasteiger partial charge in [-0.15, -0.1) is 0 Å². The van der Waals surface area contributed by atoms with E-state index in [1.54, 1.807) is 26.1 Å². The van der Waals surface area contributed by atoms with Crippen molar-refractivity contribution in [3.8, 4) is 17.7 Å². The topological polar surface area (TPSA) is 50.8 Å². The molecule has 0 aliphatic heterocycles. The van der Waals surface area contributed by atoms with Gasteiger partial charge in [-0.2, -0.15) is 10.4 Å². The van der Waals surface area contributed by atoms with Crippen LogP contribution in [0, 0.1) is 18.3 Å². The van der Waals surface area contributed by atoms with Crippen LogP contribution in [-0.2, 0) is 7.05 Å². The Kier molecular flexibility index (Phi) is 4.04. The first-order chi connectivity index (χ1) is 8.93. The normalized spacial score (nSPS) is 10.3. The first kappa shape index (κ1) is 14.2. The lowest BCUT2D eigenvalue weighted by atomic mass is 10.3. The molecule has 0 spiro atoms. The highest BCUT2D eigenvalue weighted by molar-refractivity contribution is 9.10. The molecule has 0 amide bonds. The second kappa shape index (κ2) is 5.41. The van der Waals surface area contributed by atoms with E-state index in [4.69, 9.17) is 33.2 Å². The van der Waals surface area contributed by atoms with Crippen molar-refractivity contribution in [1.82, 2.24) is 9.78 Å². The molecule has 0 radical (unpaired) electrons. The maximum atomic E-state index is 9.11. The van der Waals surface area contributed by atoms with Gasteiger partial charge in [0.2, 0.25) is 5.88 Å². The van der Waals surface area contributed by atoms with Gasteiger partial charge in [-0.25, -0.2) is 4.68 Å². The molecule has 7 heteroatoms. The fraction of sp³-hybridized carbons (Fsp3) is 0.167. The molecule has 1 heterocycles. The smallest absolute Gasteiger partial charge is 0.235 e. The molecule has 98 valence electrons. The summed E-state index contributed by atoms with van der Waals surface area (Å²) in [5, 5.41) is 14.1. The molecule has 0 aliphatic carbocycles. The van der Waals surface area contributed by atoms with Crippen LogP contribution in [-0.4, -0.2) is 9.78 Å². The summed E-state index contributed by atoms with van der Waals surface area (Å²) in [5.41, 5.74) is 0.969. The van der Waals surface area contributed by atoms with Crippen LogP contribution in [0.5, 0.6) is 11.6 Å². The van der Waals surface area contributed by atoms with Crippen LogP contribution in [0.1, 0.15) is 11.3 Å². The monoisotopic (exact) mass is 359 g/mol. The van der Waals surface area contributed by atoms with Crippen molar-refractivity contribution in [3.05, 3.63) is 37.9 Å². The zero-order chi connectivity index (χ0) is 14.2. The Morgan fingerprint density at radius 3 is 2.68 bits per heavy atom. The van der Waals surface area contributed by atoms with Gasteiger partial charge in [-0.3, -0.25) is 0 Å². The summed E-state index contributed by atoms with van der Waals surface area (Å²) in [6, 6.07) is 5.27. The largest absolute Gasteiger partial charge is 0.436 e. The van der Waals surface area contributed by atoms with E-state index in [0.29, 0.717) is 37.4 Å². The minimum atomic E-state index is 0.334. The third-order valence-corrected chi connectivity index (χ3v) is 3.96. The fourth-order valence-corrected chi connectivity index (χ4v) is 2.40. The Labute approximate surface area is 128 Å². The number of rotatable bonds is 2. The molecule has 0 saturated heterocycles. The number of hydrogen-bond acceptors (Lipinski definition) is 3. The molecule has 4 nitrogen and oxygen atoms in total. The molecular weight excluding hydrogens is 353 g/mol. The van der Waals surface area contributed by atoms with E-state index in [1.165, 1.54) is 4.68 Å². The second-order valence-electron chi connectivity index (χ2n) is 3.80. The average molecular weight is 361 g/mol. The maximum Gasteiger partial charge on any atom is 0.235 e. The molecular formula is C12H8BrCl2N3O. The van der Waals surface area contributed by atoms with Crippen molar-refractivity contribution >= 4 is 39.1 Å². The van der Waals surface area contributed by atoms with Crippen LogP contribution in [0.3, 0.4) is 0 Å². The van der Waals surface area contributed by atoms with Crippen LogP contribution >= 0.6 is 39.1 Å². The molecule has 0 N–H and O–H groups in total. The minimum Gasteiger partial charge on any atom is -0.436 e. The Morgan fingerprint density at radius 2 is 2.05 bits per heavy atom. The van der Waals surface area contributed by atoms with Crippen LogP contribution < -0.4 is 4.74 Å². The van der Waals surface area contributed by atoms with E-state index in [1.807, 2.05) is 0 Å². The quantitative estimate of drug-likeness (QED) is 0.743. The van der Waals surface area contributed by atoms with Crippen LogP contribution in [0.25, 0.3) is 0 Å². The first-order valence-corrected chi connectivity index (χ1v) is 6.75. The summed E-state index contributed by atoms with van der Waals surface area (Å²) in [5.74, 6) is 0.703. The molecule has 0 bridgehead atoms. The van der Waals surface area contributed by atoms with Gasteiger partial charge in [0.1, 0.15) is 17.4 Å². The Balaban J connectivity index is 2.48. The molecule has 0 atom stereocenters. The van der Waals surface area contributed by atoms with Crippen molar-refractivity contribution in [2.24, 2.45) is 7.05 Å². The molecule has 2 aromatic rings. The summed E-state index contributed by atoms with van der Waals surface area (Å²) >= 11 is 15.3. The average Bonchev–Trinajstić information content (AvgIpc) is 2.60. The number of ether oxygens (including phenoxy) is 1. The van der Waals surface area contributed by atoms with Gasteiger partial charge in [-0.1, -0.05) is 23.2 Å². The number of aromatic nitrogens is 2. The fourth-order valence-electron chi connectivity index (χ4n) is 1.57. The van der Waals surface area contributed by atoms with Gasteiger partial charge in [-0.05, 0) is 28.9 Å². The summed E-state index contributed by atoms with van der Waals surface area (Å²) in [4.78, 5) is 0. The highest BCUT2D eigenvalue weighted by atomic mass is 79.9. The first-order valence-electron chi connectivity index (χ1n) is 5.20. The molecule has 1 aromatic heterocycles. The maximum absolute atomic E-state index is 9.11. The van der Waals surface area contributed by atoms with E-state index >= 15 is 0 Å². The van der Waals surface area contributed by atoms with Crippen molar-refractivity contribution < 1.29 is 4.74 Å². The number of nitrogens with zero attached hydrogens (tertiary/aromatic N) is 3. The number of halogens is 3. The molecule has 2 rings (SSSR count). The predicted octanol–water partition coefficient (Wildman–Crippen LogP) is 4.46. The van der Waals surface area contributed by atoms with E-state index < -0.39 is 0 Å². The lowest BCUT2D eigenvalue weighted by Gasteiger charge is -2.09. The van der Waals surface area contributed by atoms with E-state index in [0.717, 1.165) is 0 Å². The van der Waals surface area contributed by atoms with E-state index in [2.05, 4.69) is 27.1 Å². The SMILES string of the molecule is Cc1nn(C)c(Oc2cc(Cl)c(Br)cc2Cl)c1C#N. The predicted molar refractivity (Wildman–Crippen MR) is 76.9 cm³/mol. The number of nitriles is 1. The Bertz CT molecular complexity index is 691. The summed E-state index contributed by atoms with van der Waals surface area (Å²) < 4.78 is 7.82. The lowest BCUT2D eigenvalue weighted by molar-refractivity contribution is 0.429. The van der Waals surface area contributed by atoms with Crippen LogP contribution in [0.2, 0.25) is 10.0 Å². The Morgan fingerprint density at radius 1 is 1.37 bits per heavy atom. The Hall–Kier alpha value is -1.22. The second-order valence-corrected chi connectivity index (χ2v) is 5.47. The van der Waals surface area contributed by atoms with Gasteiger partial charge in [0.25, 0.3) is 0 Å². The van der Waals surface area contributed by atoms with Crippen LogP contribution in [0.4, 0.5) is 0 Å². The number of hydrogen-bond donors (Lipinski definition) is 0. The lowest BCUT2D eigenvalue weighted by Crippen LogP contribution is -1.96. The van der Waals surface area contributed by atoms with Crippen molar-refractivity contribution in [2.75, 3.05) is 0 Å². The molecule has 1 aromatic carbocycles.